The average molecular weight is 552 g/mol. The molecule has 3 heterocycles. The molecule has 3 aromatic heterocycles. The van der Waals surface area contributed by atoms with Gasteiger partial charge in [0.2, 0.25) is 10.0 Å². The molecule has 13 heteroatoms. The number of hydrogen-bond donors (Lipinski definition) is 4. The number of sulfonamides is 1. The van der Waals surface area contributed by atoms with Crippen molar-refractivity contribution in [3.05, 3.63) is 72.2 Å². The van der Waals surface area contributed by atoms with Gasteiger partial charge in [0.1, 0.15) is 23.7 Å². The average Bonchev–Trinajstić information content (AvgIpc) is 3.29. The van der Waals surface area contributed by atoms with Crippen LogP contribution in [0.5, 0.6) is 0 Å². The normalized spacial score (nSPS) is 12.5. The number of halogens is 1. The van der Waals surface area contributed by atoms with Crippen molar-refractivity contribution in [3.8, 4) is 11.9 Å². The highest BCUT2D eigenvalue weighted by Crippen LogP contribution is 2.27. The molecule has 0 saturated carbocycles. The fourth-order valence-electron chi connectivity index (χ4n) is 3.69. The molecule has 1 atom stereocenters. The summed E-state index contributed by atoms with van der Waals surface area (Å²) in [4.78, 5) is 21.8. The van der Waals surface area contributed by atoms with Crippen molar-refractivity contribution in [1.82, 2.24) is 19.9 Å². The molecule has 0 aliphatic heterocycles. The smallest absolute Gasteiger partial charge is 0.255 e. The van der Waals surface area contributed by atoms with Crippen molar-refractivity contribution in [3.63, 3.8) is 0 Å². The highest BCUT2D eigenvalue weighted by atomic mass is 32.2. The van der Waals surface area contributed by atoms with Crippen LogP contribution in [0.2, 0.25) is 0 Å². The van der Waals surface area contributed by atoms with Gasteiger partial charge in [-0.05, 0) is 44.2 Å². The summed E-state index contributed by atoms with van der Waals surface area (Å²) in [6.45, 7) is 2.18. The van der Waals surface area contributed by atoms with E-state index in [0.29, 0.717) is 39.5 Å². The van der Waals surface area contributed by atoms with Crippen molar-refractivity contribution in [1.29, 1.82) is 5.26 Å². The first-order chi connectivity index (χ1) is 18.3. The van der Waals surface area contributed by atoms with E-state index in [2.05, 4.69) is 25.3 Å². The van der Waals surface area contributed by atoms with Gasteiger partial charge in [0.05, 0.1) is 40.9 Å². The molecule has 202 valence electrons. The van der Waals surface area contributed by atoms with E-state index in [0.717, 1.165) is 6.26 Å². The lowest BCUT2D eigenvalue weighted by molar-refractivity contribution is -0.00177. The number of carbonyl (C=O) groups is 1. The number of alkyl halides is 1. The number of nitrogens with zero attached hydrogens (tertiary/aromatic N) is 4. The van der Waals surface area contributed by atoms with Crippen LogP contribution in [0, 0.1) is 11.3 Å². The Bertz CT molecular complexity index is 1690. The molecule has 4 N–H and O–H groups in total. The Kier molecular flexibility index (Phi) is 7.53. The number of pyridine rings is 2. The quantitative estimate of drug-likeness (QED) is 0.246. The van der Waals surface area contributed by atoms with Crippen molar-refractivity contribution in [2.75, 3.05) is 22.8 Å². The zero-order valence-corrected chi connectivity index (χ0v) is 22.1. The molecule has 0 unspecified atom stereocenters. The van der Waals surface area contributed by atoms with E-state index in [4.69, 9.17) is 5.26 Å². The zero-order valence-electron chi connectivity index (χ0n) is 21.3. The molecule has 0 bridgehead atoms. The number of rotatable bonds is 9. The van der Waals surface area contributed by atoms with E-state index in [9.17, 15) is 22.7 Å². The monoisotopic (exact) mass is 551 g/mol. The van der Waals surface area contributed by atoms with Crippen molar-refractivity contribution in [2.24, 2.45) is 0 Å². The number of amides is 1. The number of aliphatic hydroxyl groups is 1. The standard InChI is InChI=1S/C26H26FN7O4S/c1-26(2,36)22(27)15-31-25(35)20-14-29-23(34-8-7-17-9-16(12-28)13-30-24(17)34)11-21(20)32-18-5-4-6-19(10-18)33-39(3,37)38/h4-11,13-14,22,33,36H,15H2,1-3H3,(H,29,32)(H,31,35)/t22-/m1/s1. The number of fused-ring (bicyclic) bond motifs is 1. The lowest BCUT2D eigenvalue weighted by Crippen LogP contribution is -2.42. The molecule has 0 saturated heterocycles. The third kappa shape index (κ3) is 6.67. The minimum absolute atomic E-state index is 0.0827. The molecule has 4 aromatic rings. The number of anilines is 3. The fraction of sp³-hybridized carbons (Fsp3) is 0.231. The van der Waals surface area contributed by atoms with E-state index in [1.807, 2.05) is 6.07 Å². The highest BCUT2D eigenvalue weighted by Gasteiger charge is 2.27. The molecule has 0 radical (unpaired) electrons. The van der Waals surface area contributed by atoms with Gasteiger partial charge in [-0.25, -0.2) is 22.8 Å². The van der Waals surface area contributed by atoms with Gasteiger partial charge in [-0.2, -0.15) is 5.26 Å². The third-order valence-electron chi connectivity index (χ3n) is 5.69. The lowest BCUT2D eigenvalue weighted by Gasteiger charge is -2.22. The molecule has 39 heavy (non-hydrogen) atoms. The first-order valence-corrected chi connectivity index (χ1v) is 13.6. The molecule has 0 spiro atoms. The Morgan fingerprint density at radius 3 is 2.62 bits per heavy atom. The summed E-state index contributed by atoms with van der Waals surface area (Å²) in [6.07, 6.45) is 3.80. The number of nitriles is 1. The van der Waals surface area contributed by atoms with Crippen LogP contribution in [0.1, 0.15) is 29.8 Å². The largest absolute Gasteiger partial charge is 0.387 e. The number of benzene rings is 1. The molecule has 1 amide bonds. The summed E-state index contributed by atoms with van der Waals surface area (Å²) < 4.78 is 41.7. The summed E-state index contributed by atoms with van der Waals surface area (Å²) in [7, 11) is -3.52. The number of aromatic nitrogens is 3. The topological polar surface area (TPSA) is 162 Å². The van der Waals surface area contributed by atoms with E-state index in [1.54, 1.807) is 53.2 Å². The summed E-state index contributed by atoms with van der Waals surface area (Å²) in [6, 6.07) is 13.5. The number of hydrogen-bond acceptors (Lipinski definition) is 8. The summed E-state index contributed by atoms with van der Waals surface area (Å²) in [5.41, 5.74) is 0.447. The maximum Gasteiger partial charge on any atom is 0.255 e. The molecule has 11 nitrogen and oxygen atoms in total. The van der Waals surface area contributed by atoms with Gasteiger partial charge in [-0.3, -0.25) is 14.1 Å². The Balaban J connectivity index is 1.73. The van der Waals surface area contributed by atoms with Crippen LogP contribution in [0.4, 0.5) is 21.5 Å². The van der Waals surface area contributed by atoms with Crippen LogP contribution in [0.25, 0.3) is 16.9 Å². The van der Waals surface area contributed by atoms with E-state index >= 15 is 0 Å². The SMILES string of the molecule is CC(C)(O)[C@H](F)CNC(=O)c1cnc(-n2ccc3cc(C#N)cnc32)cc1Nc1cccc(NS(C)(=O)=O)c1. The number of nitrogens with one attached hydrogen (secondary N) is 3. The van der Waals surface area contributed by atoms with Crippen molar-refractivity contribution >= 4 is 44.0 Å². The molecule has 0 fully saturated rings. The predicted octanol–water partition coefficient (Wildman–Crippen LogP) is 3.25. The predicted molar refractivity (Wildman–Crippen MR) is 145 cm³/mol. The summed E-state index contributed by atoms with van der Waals surface area (Å²) >= 11 is 0. The van der Waals surface area contributed by atoms with Crippen LogP contribution >= 0.6 is 0 Å². The zero-order chi connectivity index (χ0) is 28.4. The van der Waals surface area contributed by atoms with Crippen LogP contribution in [0.15, 0.2) is 61.1 Å². The van der Waals surface area contributed by atoms with Gasteiger partial charge in [-0.15, -0.1) is 0 Å². The van der Waals surface area contributed by atoms with Gasteiger partial charge >= 0.3 is 0 Å². The van der Waals surface area contributed by atoms with Gasteiger partial charge in [0.25, 0.3) is 5.91 Å². The minimum Gasteiger partial charge on any atom is -0.387 e. The highest BCUT2D eigenvalue weighted by molar-refractivity contribution is 7.92. The molecule has 0 aliphatic carbocycles. The Hall–Kier alpha value is -4.54. The second kappa shape index (κ2) is 10.7. The summed E-state index contributed by atoms with van der Waals surface area (Å²) in [5.74, 6) is -0.241. The molecule has 1 aromatic carbocycles. The van der Waals surface area contributed by atoms with E-state index in [1.165, 1.54) is 26.2 Å². The Labute approximate surface area is 224 Å². The fourth-order valence-corrected chi connectivity index (χ4v) is 4.24. The lowest BCUT2D eigenvalue weighted by atomic mass is 10.0. The van der Waals surface area contributed by atoms with Gasteiger partial charge in [0, 0.05) is 35.7 Å². The van der Waals surface area contributed by atoms with E-state index < -0.39 is 34.2 Å². The maximum atomic E-state index is 14.3. The van der Waals surface area contributed by atoms with Crippen molar-refractivity contribution < 1.29 is 22.7 Å². The molecule has 0 aliphatic rings. The van der Waals surface area contributed by atoms with Crippen LogP contribution < -0.4 is 15.4 Å². The van der Waals surface area contributed by atoms with Crippen molar-refractivity contribution in [2.45, 2.75) is 25.6 Å². The van der Waals surface area contributed by atoms with Crippen LogP contribution in [0.3, 0.4) is 0 Å². The maximum absolute atomic E-state index is 14.3. The Morgan fingerprint density at radius 2 is 1.92 bits per heavy atom. The number of carbonyl (C=O) groups excluding carboxylic acids is 1. The molecular weight excluding hydrogens is 525 g/mol. The second-order valence-electron chi connectivity index (χ2n) is 9.43. The second-order valence-corrected chi connectivity index (χ2v) is 11.2. The van der Waals surface area contributed by atoms with Gasteiger partial charge in [0.15, 0.2) is 0 Å². The minimum atomic E-state index is -3.52. The van der Waals surface area contributed by atoms with E-state index in [-0.39, 0.29) is 5.56 Å². The molecular formula is C26H26FN7O4S. The first-order valence-electron chi connectivity index (χ1n) is 11.7. The first kappa shape index (κ1) is 27.5. The summed E-state index contributed by atoms with van der Waals surface area (Å²) in [5, 5.41) is 25.3. The third-order valence-corrected chi connectivity index (χ3v) is 6.30. The van der Waals surface area contributed by atoms with Crippen LogP contribution in [-0.2, 0) is 10.0 Å². The molecule has 4 rings (SSSR count). The van der Waals surface area contributed by atoms with Gasteiger partial charge in [-0.1, -0.05) is 6.07 Å². The Morgan fingerprint density at radius 1 is 1.18 bits per heavy atom. The van der Waals surface area contributed by atoms with Gasteiger partial charge < -0.3 is 15.7 Å². The van der Waals surface area contributed by atoms with Crippen LogP contribution in [-0.4, -0.2) is 58.5 Å².